The molecule has 0 heterocycles. The van der Waals surface area contributed by atoms with Gasteiger partial charge in [0.05, 0.1) is 22.5 Å². The Morgan fingerprint density at radius 1 is 1.50 bits per heavy atom. The smallest absolute Gasteiger partial charge is 0.139 e. The minimum Gasteiger partial charge on any atom is -0.397 e. The molecule has 0 unspecified atom stereocenters. The highest BCUT2D eigenvalue weighted by atomic mass is 79.9. The first-order valence-electron chi connectivity index (χ1n) is 5.08. The Labute approximate surface area is 104 Å². The number of hydrogen-bond donors (Lipinski definition) is 1. The summed E-state index contributed by atoms with van der Waals surface area (Å²) in [6.45, 7) is 4.03. The van der Waals surface area contributed by atoms with Gasteiger partial charge in [0.15, 0.2) is 0 Å². The number of nitrogen functional groups attached to an aromatic ring is 1. The number of likely N-dealkylation sites (N-methyl/N-ethyl adjacent to an activating group) is 1. The van der Waals surface area contributed by atoms with Crippen molar-refractivity contribution >= 4 is 27.3 Å². The summed E-state index contributed by atoms with van der Waals surface area (Å²) in [6.07, 6.45) is 0. The Morgan fingerprint density at radius 3 is 2.75 bits per heavy atom. The first-order chi connectivity index (χ1) is 7.60. The lowest BCUT2D eigenvalue weighted by Gasteiger charge is -2.24. The van der Waals surface area contributed by atoms with E-state index >= 15 is 0 Å². The summed E-state index contributed by atoms with van der Waals surface area (Å²) in [7, 11) is 1.64. The quantitative estimate of drug-likeness (QED) is 0.848. The molecule has 0 fully saturated rings. The van der Waals surface area contributed by atoms with Crippen molar-refractivity contribution in [3.05, 3.63) is 22.4 Å². The number of hydrogen-bond acceptors (Lipinski definition) is 3. The molecule has 1 aromatic rings. The number of nitrogens with two attached hydrogens (primary N) is 1. The molecule has 5 heteroatoms. The number of nitrogens with zero attached hydrogens (tertiary/aromatic N) is 1. The van der Waals surface area contributed by atoms with E-state index in [-0.39, 0.29) is 5.82 Å². The van der Waals surface area contributed by atoms with Crippen molar-refractivity contribution in [2.75, 3.05) is 37.4 Å². The van der Waals surface area contributed by atoms with Gasteiger partial charge in [-0.1, -0.05) is 0 Å². The second kappa shape index (κ2) is 6.06. The Morgan fingerprint density at radius 2 is 2.19 bits per heavy atom. The van der Waals surface area contributed by atoms with Crippen molar-refractivity contribution in [3.63, 3.8) is 0 Å². The molecule has 0 aliphatic rings. The number of halogens is 2. The van der Waals surface area contributed by atoms with E-state index < -0.39 is 0 Å². The van der Waals surface area contributed by atoms with E-state index in [1.54, 1.807) is 13.2 Å². The van der Waals surface area contributed by atoms with Crippen LogP contribution in [0.25, 0.3) is 0 Å². The molecule has 0 atom stereocenters. The molecule has 2 N–H and O–H groups in total. The largest absolute Gasteiger partial charge is 0.397 e. The third kappa shape index (κ3) is 3.09. The SMILES string of the molecule is CCN(CCOC)c1cc(F)c(Br)cc1N. The van der Waals surface area contributed by atoms with Crippen LogP contribution in [-0.4, -0.2) is 26.8 Å². The summed E-state index contributed by atoms with van der Waals surface area (Å²) in [6, 6.07) is 3.03. The van der Waals surface area contributed by atoms with Gasteiger partial charge in [-0.25, -0.2) is 4.39 Å². The predicted octanol–water partition coefficient (Wildman–Crippen LogP) is 2.64. The summed E-state index contributed by atoms with van der Waals surface area (Å²) >= 11 is 3.11. The fraction of sp³-hybridized carbons (Fsp3) is 0.455. The van der Waals surface area contributed by atoms with Crippen LogP contribution in [-0.2, 0) is 4.74 Å². The first kappa shape index (κ1) is 13.3. The summed E-state index contributed by atoms with van der Waals surface area (Å²) < 4.78 is 18.8. The first-order valence-corrected chi connectivity index (χ1v) is 5.87. The van der Waals surface area contributed by atoms with Gasteiger partial charge in [-0.2, -0.15) is 0 Å². The van der Waals surface area contributed by atoms with Gasteiger partial charge in [0.1, 0.15) is 5.82 Å². The molecule has 1 aromatic carbocycles. The van der Waals surface area contributed by atoms with E-state index in [0.29, 0.717) is 29.0 Å². The summed E-state index contributed by atoms with van der Waals surface area (Å²) in [4.78, 5) is 1.98. The van der Waals surface area contributed by atoms with Crippen molar-refractivity contribution < 1.29 is 9.13 Å². The molecular weight excluding hydrogens is 275 g/mol. The van der Waals surface area contributed by atoms with E-state index in [9.17, 15) is 4.39 Å². The molecule has 0 bridgehead atoms. The average Bonchev–Trinajstić information content (AvgIpc) is 2.26. The van der Waals surface area contributed by atoms with Crippen LogP contribution < -0.4 is 10.6 Å². The molecule has 0 aliphatic carbocycles. The molecule has 0 saturated heterocycles. The van der Waals surface area contributed by atoms with Crippen LogP contribution in [0, 0.1) is 5.82 Å². The van der Waals surface area contributed by atoms with E-state index in [2.05, 4.69) is 15.9 Å². The minimum absolute atomic E-state index is 0.305. The lowest BCUT2D eigenvalue weighted by atomic mass is 10.2. The third-order valence-corrected chi connectivity index (χ3v) is 2.97. The van der Waals surface area contributed by atoms with E-state index in [4.69, 9.17) is 10.5 Å². The van der Waals surface area contributed by atoms with Crippen LogP contribution in [0.15, 0.2) is 16.6 Å². The maximum atomic E-state index is 13.4. The normalized spacial score (nSPS) is 10.5. The molecule has 3 nitrogen and oxygen atoms in total. The van der Waals surface area contributed by atoms with Gasteiger partial charge < -0.3 is 15.4 Å². The second-order valence-corrected chi connectivity index (χ2v) is 4.25. The fourth-order valence-electron chi connectivity index (χ4n) is 1.48. The molecule has 1 rings (SSSR count). The monoisotopic (exact) mass is 290 g/mol. The van der Waals surface area contributed by atoms with E-state index in [1.807, 2.05) is 11.8 Å². The molecule has 16 heavy (non-hydrogen) atoms. The molecule has 0 aromatic heterocycles. The van der Waals surface area contributed by atoms with Crippen molar-refractivity contribution in [1.82, 2.24) is 0 Å². The predicted molar refractivity (Wildman–Crippen MR) is 68.3 cm³/mol. The number of rotatable bonds is 5. The highest BCUT2D eigenvalue weighted by Crippen LogP contribution is 2.29. The molecule has 0 saturated carbocycles. The van der Waals surface area contributed by atoms with Crippen LogP contribution in [0.5, 0.6) is 0 Å². The maximum absolute atomic E-state index is 13.4. The summed E-state index contributed by atoms with van der Waals surface area (Å²) in [5.74, 6) is -0.305. The van der Waals surface area contributed by atoms with E-state index in [1.165, 1.54) is 6.07 Å². The van der Waals surface area contributed by atoms with Crippen LogP contribution in [0.4, 0.5) is 15.8 Å². The van der Waals surface area contributed by atoms with Crippen molar-refractivity contribution in [1.29, 1.82) is 0 Å². The van der Waals surface area contributed by atoms with Crippen molar-refractivity contribution in [2.45, 2.75) is 6.92 Å². The Kier molecular flexibility index (Phi) is 5.02. The van der Waals surface area contributed by atoms with Gasteiger partial charge in [-0.3, -0.25) is 0 Å². The highest BCUT2D eigenvalue weighted by molar-refractivity contribution is 9.10. The number of anilines is 2. The topological polar surface area (TPSA) is 38.5 Å². The summed E-state index contributed by atoms with van der Waals surface area (Å²) in [5.41, 5.74) is 7.13. The Hall–Kier alpha value is -0.810. The van der Waals surface area contributed by atoms with Gasteiger partial charge in [0.25, 0.3) is 0 Å². The average molecular weight is 291 g/mol. The van der Waals surface area contributed by atoms with Crippen LogP contribution in [0.3, 0.4) is 0 Å². The Bertz CT molecular complexity index is 360. The zero-order chi connectivity index (χ0) is 12.1. The second-order valence-electron chi connectivity index (χ2n) is 3.40. The zero-order valence-corrected chi connectivity index (χ0v) is 11.1. The highest BCUT2D eigenvalue weighted by Gasteiger charge is 2.11. The van der Waals surface area contributed by atoms with Crippen molar-refractivity contribution in [2.24, 2.45) is 0 Å². The molecule has 0 radical (unpaired) electrons. The van der Waals surface area contributed by atoms with Crippen molar-refractivity contribution in [3.8, 4) is 0 Å². The lowest BCUT2D eigenvalue weighted by Crippen LogP contribution is -2.27. The number of benzene rings is 1. The maximum Gasteiger partial charge on any atom is 0.139 e. The Balaban J connectivity index is 2.95. The fourth-order valence-corrected chi connectivity index (χ4v) is 1.84. The number of ether oxygens (including phenoxy) is 1. The summed E-state index contributed by atoms with van der Waals surface area (Å²) in [5, 5.41) is 0. The molecular formula is C11H16BrFN2O. The van der Waals surface area contributed by atoms with Crippen LogP contribution in [0.1, 0.15) is 6.92 Å². The van der Waals surface area contributed by atoms with E-state index in [0.717, 1.165) is 6.54 Å². The van der Waals surface area contributed by atoms with Gasteiger partial charge in [0.2, 0.25) is 0 Å². The van der Waals surface area contributed by atoms with Gasteiger partial charge in [0, 0.05) is 26.3 Å². The molecule has 0 amide bonds. The molecule has 0 aliphatic heterocycles. The van der Waals surface area contributed by atoms with Crippen LogP contribution >= 0.6 is 15.9 Å². The third-order valence-electron chi connectivity index (χ3n) is 2.36. The number of methoxy groups -OCH3 is 1. The standard InChI is InChI=1S/C11H16BrFN2O/c1-3-15(4-5-16-2)11-7-9(13)8(12)6-10(11)14/h6-7H,3-5,14H2,1-2H3. The molecule has 0 spiro atoms. The zero-order valence-electron chi connectivity index (χ0n) is 9.46. The minimum atomic E-state index is -0.305. The van der Waals surface area contributed by atoms with Gasteiger partial charge in [-0.05, 0) is 28.9 Å². The van der Waals surface area contributed by atoms with Crippen LogP contribution in [0.2, 0.25) is 0 Å². The van der Waals surface area contributed by atoms with Gasteiger partial charge in [-0.15, -0.1) is 0 Å². The molecule has 90 valence electrons. The van der Waals surface area contributed by atoms with Gasteiger partial charge >= 0.3 is 0 Å². The lowest BCUT2D eigenvalue weighted by molar-refractivity contribution is 0.205.